The van der Waals surface area contributed by atoms with Crippen LogP contribution in [0.1, 0.15) is 43.7 Å². The molecule has 2 aromatic rings. The SMILES string of the molecule is O=C(Nc1ccc(Cl)c(Cl)c1)N[C@@H]1CC[C@H](CCn2cc(C3CC3)nn2)O[C@@H]1CO. The molecule has 162 valence electrons. The van der Waals surface area contributed by atoms with Crippen molar-refractivity contribution in [3.63, 3.8) is 0 Å². The van der Waals surface area contributed by atoms with Crippen molar-refractivity contribution >= 4 is 34.9 Å². The predicted octanol–water partition coefficient (Wildman–Crippen LogP) is 3.58. The Kier molecular flexibility index (Phi) is 6.77. The number of benzene rings is 1. The molecule has 2 fully saturated rings. The zero-order valence-electron chi connectivity index (χ0n) is 16.4. The molecule has 10 heteroatoms. The summed E-state index contributed by atoms with van der Waals surface area (Å²) in [5.74, 6) is 0.588. The van der Waals surface area contributed by atoms with Crippen LogP contribution in [0, 0.1) is 0 Å². The summed E-state index contributed by atoms with van der Waals surface area (Å²) in [6.07, 6.45) is 6.26. The van der Waals surface area contributed by atoms with Gasteiger partial charge in [-0.15, -0.1) is 5.10 Å². The van der Waals surface area contributed by atoms with Crippen molar-refractivity contribution in [2.75, 3.05) is 11.9 Å². The van der Waals surface area contributed by atoms with E-state index < -0.39 is 6.10 Å². The molecule has 1 aliphatic heterocycles. The first-order valence-electron chi connectivity index (χ1n) is 10.2. The van der Waals surface area contributed by atoms with Crippen LogP contribution >= 0.6 is 23.2 Å². The number of urea groups is 1. The number of ether oxygens (including phenoxy) is 1. The lowest BCUT2D eigenvalue weighted by atomic mass is 9.97. The Morgan fingerprint density at radius 1 is 1.23 bits per heavy atom. The van der Waals surface area contributed by atoms with E-state index in [1.807, 2.05) is 10.9 Å². The molecule has 0 unspecified atom stereocenters. The van der Waals surface area contributed by atoms with Crippen molar-refractivity contribution in [3.05, 3.63) is 40.1 Å². The number of aliphatic hydroxyl groups excluding tert-OH is 1. The monoisotopic (exact) mass is 453 g/mol. The van der Waals surface area contributed by atoms with Crippen LogP contribution in [0.2, 0.25) is 10.0 Å². The number of aliphatic hydroxyl groups is 1. The molecule has 30 heavy (non-hydrogen) atoms. The van der Waals surface area contributed by atoms with E-state index in [1.165, 1.54) is 12.8 Å². The third-order valence-electron chi connectivity index (χ3n) is 5.52. The maximum Gasteiger partial charge on any atom is 0.319 e. The van der Waals surface area contributed by atoms with Gasteiger partial charge in [-0.05, 0) is 50.3 Å². The number of hydrogen-bond acceptors (Lipinski definition) is 5. The third-order valence-corrected chi connectivity index (χ3v) is 6.26. The van der Waals surface area contributed by atoms with Crippen molar-refractivity contribution in [1.82, 2.24) is 20.3 Å². The zero-order valence-corrected chi connectivity index (χ0v) is 17.9. The van der Waals surface area contributed by atoms with Crippen LogP contribution < -0.4 is 10.6 Å². The first-order chi connectivity index (χ1) is 14.5. The number of nitrogens with zero attached hydrogens (tertiary/aromatic N) is 3. The molecule has 0 bridgehead atoms. The van der Waals surface area contributed by atoms with Crippen LogP contribution in [0.15, 0.2) is 24.4 Å². The zero-order chi connectivity index (χ0) is 21.1. The Morgan fingerprint density at radius 3 is 2.80 bits per heavy atom. The van der Waals surface area contributed by atoms with Gasteiger partial charge in [-0.25, -0.2) is 4.79 Å². The first-order valence-corrected chi connectivity index (χ1v) is 11.0. The largest absolute Gasteiger partial charge is 0.394 e. The van der Waals surface area contributed by atoms with Gasteiger partial charge in [0.1, 0.15) is 6.10 Å². The Bertz CT molecular complexity index is 889. The van der Waals surface area contributed by atoms with Gasteiger partial charge in [-0.3, -0.25) is 4.68 Å². The van der Waals surface area contributed by atoms with Gasteiger partial charge in [-0.1, -0.05) is 28.4 Å². The number of nitrogens with one attached hydrogen (secondary N) is 2. The minimum Gasteiger partial charge on any atom is -0.394 e. The van der Waals surface area contributed by atoms with Crippen LogP contribution in [0.3, 0.4) is 0 Å². The number of amides is 2. The summed E-state index contributed by atoms with van der Waals surface area (Å²) in [5.41, 5.74) is 1.61. The van der Waals surface area contributed by atoms with E-state index in [0.717, 1.165) is 31.5 Å². The maximum absolute atomic E-state index is 12.3. The smallest absolute Gasteiger partial charge is 0.319 e. The van der Waals surface area contributed by atoms with Crippen molar-refractivity contribution in [2.24, 2.45) is 0 Å². The molecule has 3 N–H and O–H groups in total. The molecule has 4 rings (SSSR count). The summed E-state index contributed by atoms with van der Waals surface area (Å²) in [6, 6.07) is 4.21. The predicted molar refractivity (Wildman–Crippen MR) is 114 cm³/mol. The maximum atomic E-state index is 12.3. The molecule has 8 nitrogen and oxygen atoms in total. The van der Waals surface area contributed by atoms with E-state index >= 15 is 0 Å². The van der Waals surface area contributed by atoms with Crippen LogP contribution in [0.25, 0.3) is 0 Å². The molecule has 3 atom stereocenters. The second-order valence-electron chi connectivity index (χ2n) is 7.86. The average molecular weight is 454 g/mol. The third kappa shape index (κ3) is 5.43. The van der Waals surface area contributed by atoms with Crippen LogP contribution in [-0.4, -0.2) is 51.0 Å². The van der Waals surface area contributed by atoms with Gasteiger partial charge in [0, 0.05) is 24.3 Å². The normalized spacial score (nSPS) is 23.9. The number of rotatable bonds is 7. The van der Waals surface area contributed by atoms with E-state index in [-0.39, 0.29) is 24.8 Å². The van der Waals surface area contributed by atoms with Crippen LogP contribution in [0.4, 0.5) is 10.5 Å². The lowest BCUT2D eigenvalue weighted by Crippen LogP contribution is -2.52. The molecule has 1 aliphatic carbocycles. The molecule has 0 radical (unpaired) electrons. The van der Waals surface area contributed by atoms with Crippen molar-refractivity contribution < 1.29 is 14.6 Å². The summed E-state index contributed by atoms with van der Waals surface area (Å²) in [7, 11) is 0. The average Bonchev–Trinajstić information content (AvgIpc) is 3.48. The van der Waals surface area contributed by atoms with Gasteiger partial charge in [-0.2, -0.15) is 0 Å². The second kappa shape index (κ2) is 9.51. The molecular formula is C20H25Cl2N5O3. The lowest BCUT2D eigenvalue weighted by molar-refractivity contribution is -0.0905. The van der Waals surface area contributed by atoms with Gasteiger partial charge < -0.3 is 20.5 Å². The standard InChI is InChI=1S/C20H25Cl2N5O3/c21-15-5-3-13(9-16(15)22)23-20(29)24-17-6-4-14(30-19(17)11-28)7-8-27-10-18(25-26-27)12-1-2-12/h3,5,9-10,12,14,17,19,28H,1-2,4,6-8,11H2,(H2,23,24,29)/t14-,17-,19-/m1/s1. The number of halogens is 2. The number of carbonyl (C=O) groups is 1. The number of aromatic nitrogens is 3. The van der Waals surface area contributed by atoms with Gasteiger partial charge in [0.15, 0.2) is 0 Å². The van der Waals surface area contributed by atoms with Gasteiger partial charge >= 0.3 is 6.03 Å². The van der Waals surface area contributed by atoms with Crippen LogP contribution in [-0.2, 0) is 11.3 Å². The number of aryl methyl sites for hydroxylation is 1. The van der Waals surface area contributed by atoms with Gasteiger partial charge in [0.05, 0.1) is 34.5 Å². The fraction of sp³-hybridized carbons (Fsp3) is 0.550. The van der Waals surface area contributed by atoms with E-state index in [4.69, 9.17) is 27.9 Å². The molecule has 2 aliphatic rings. The molecule has 1 aromatic carbocycles. The number of carbonyl (C=O) groups excluding carboxylic acids is 1. The van der Waals surface area contributed by atoms with Crippen molar-refractivity contribution in [2.45, 2.75) is 62.8 Å². The highest BCUT2D eigenvalue weighted by Gasteiger charge is 2.32. The summed E-state index contributed by atoms with van der Waals surface area (Å²) in [5, 5.41) is 24.6. The molecule has 2 heterocycles. The van der Waals surface area contributed by atoms with Crippen molar-refractivity contribution in [1.29, 1.82) is 0 Å². The topological polar surface area (TPSA) is 101 Å². The van der Waals surface area contributed by atoms with E-state index in [9.17, 15) is 9.90 Å². The van der Waals surface area contributed by atoms with E-state index in [1.54, 1.807) is 18.2 Å². The molecule has 2 amide bonds. The van der Waals surface area contributed by atoms with E-state index in [0.29, 0.717) is 21.7 Å². The van der Waals surface area contributed by atoms with Crippen molar-refractivity contribution in [3.8, 4) is 0 Å². The molecular weight excluding hydrogens is 429 g/mol. The molecule has 0 spiro atoms. The number of hydrogen-bond donors (Lipinski definition) is 3. The summed E-state index contributed by atoms with van der Waals surface area (Å²) >= 11 is 11.9. The Balaban J connectivity index is 1.25. The highest BCUT2D eigenvalue weighted by Crippen LogP contribution is 2.38. The molecule has 1 aromatic heterocycles. The minimum absolute atomic E-state index is 0.00640. The summed E-state index contributed by atoms with van der Waals surface area (Å²) in [4.78, 5) is 12.3. The molecule has 1 saturated carbocycles. The van der Waals surface area contributed by atoms with Gasteiger partial charge in [0.2, 0.25) is 0 Å². The first kappa shape index (κ1) is 21.4. The summed E-state index contributed by atoms with van der Waals surface area (Å²) in [6.45, 7) is 0.557. The highest BCUT2D eigenvalue weighted by atomic mass is 35.5. The van der Waals surface area contributed by atoms with Crippen LogP contribution in [0.5, 0.6) is 0 Å². The highest BCUT2D eigenvalue weighted by molar-refractivity contribution is 6.42. The second-order valence-corrected chi connectivity index (χ2v) is 8.67. The number of anilines is 1. The Labute approximate surface area is 184 Å². The quantitative estimate of drug-likeness (QED) is 0.594. The Morgan fingerprint density at radius 2 is 2.07 bits per heavy atom. The van der Waals surface area contributed by atoms with Gasteiger partial charge in [0.25, 0.3) is 0 Å². The Hall–Kier alpha value is -1.87. The fourth-order valence-electron chi connectivity index (χ4n) is 3.68. The lowest BCUT2D eigenvalue weighted by Gasteiger charge is -2.36. The summed E-state index contributed by atoms with van der Waals surface area (Å²) < 4.78 is 7.89. The molecule has 1 saturated heterocycles. The fourth-order valence-corrected chi connectivity index (χ4v) is 3.98. The van der Waals surface area contributed by atoms with E-state index in [2.05, 4.69) is 20.9 Å². The minimum atomic E-state index is -0.457.